The number of carbonyl (C=O) groups is 1. The third-order valence-electron chi connectivity index (χ3n) is 4.36. The largest absolute Gasteiger partial charge is 0.463 e. The van der Waals surface area contributed by atoms with Crippen LogP contribution in [0.3, 0.4) is 0 Å². The molecule has 2 aromatic carbocycles. The summed E-state index contributed by atoms with van der Waals surface area (Å²) < 4.78 is 13.2. The number of ether oxygens (including phenoxy) is 1. The van der Waals surface area contributed by atoms with Crippen molar-refractivity contribution >= 4 is 61.6 Å². The minimum atomic E-state index is -0.690. The standard InChI is InChI=1S/C20H14Cl2N2O4S/c1-27-9-8-24-17-15(7-6-13(21)16(17)22)29-20(24)23-19(26)12-10-28-14-5-3-2-4-11(14)18(12)25/h2-7,10H,8-9H2,1H3. The van der Waals surface area contributed by atoms with Crippen LogP contribution in [0.2, 0.25) is 10.0 Å². The van der Waals surface area contributed by atoms with Gasteiger partial charge in [-0.1, -0.05) is 46.7 Å². The molecule has 0 unspecified atom stereocenters. The number of fused-ring (bicyclic) bond motifs is 2. The second kappa shape index (κ2) is 8.12. The van der Waals surface area contributed by atoms with Gasteiger partial charge >= 0.3 is 0 Å². The maximum atomic E-state index is 12.8. The van der Waals surface area contributed by atoms with Gasteiger partial charge in [0.15, 0.2) is 4.80 Å². The van der Waals surface area contributed by atoms with E-state index in [-0.39, 0.29) is 5.56 Å². The van der Waals surface area contributed by atoms with Crippen LogP contribution in [0, 0.1) is 0 Å². The second-order valence-electron chi connectivity index (χ2n) is 6.13. The molecule has 0 spiro atoms. The molecular weight excluding hydrogens is 435 g/mol. The first-order valence-corrected chi connectivity index (χ1v) is 10.1. The molecule has 2 heterocycles. The molecule has 0 aliphatic heterocycles. The van der Waals surface area contributed by atoms with Crippen molar-refractivity contribution < 1.29 is 13.9 Å². The third-order valence-corrected chi connectivity index (χ3v) is 6.20. The van der Waals surface area contributed by atoms with Gasteiger partial charge in [-0.2, -0.15) is 4.99 Å². The highest BCUT2D eigenvalue weighted by Gasteiger charge is 2.17. The fourth-order valence-corrected chi connectivity index (χ4v) is 4.49. The molecule has 0 saturated carbocycles. The van der Waals surface area contributed by atoms with Crippen molar-refractivity contribution in [1.82, 2.24) is 4.57 Å². The molecular formula is C20H14Cl2N2O4S. The summed E-state index contributed by atoms with van der Waals surface area (Å²) in [5.74, 6) is -0.690. The molecule has 6 nitrogen and oxygen atoms in total. The smallest absolute Gasteiger partial charge is 0.286 e. The third kappa shape index (κ3) is 3.62. The first-order chi connectivity index (χ1) is 14.0. The number of methoxy groups -OCH3 is 1. The van der Waals surface area contributed by atoms with Crippen molar-refractivity contribution in [2.75, 3.05) is 13.7 Å². The van der Waals surface area contributed by atoms with Gasteiger partial charge in [0, 0.05) is 13.7 Å². The summed E-state index contributed by atoms with van der Waals surface area (Å²) in [6, 6.07) is 10.2. The maximum absolute atomic E-state index is 12.8. The lowest BCUT2D eigenvalue weighted by molar-refractivity contribution is 0.0994. The Morgan fingerprint density at radius 1 is 1.24 bits per heavy atom. The summed E-state index contributed by atoms with van der Waals surface area (Å²) in [7, 11) is 1.58. The molecule has 4 rings (SSSR count). The number of para-hydroxylation sites is 1. The molecule has 0 bridgehead atoms. The summed E-state index contributed by atoms with van der Waals surface area (Å²) in [5, 5.41) is 1.10. The highest BCUT2D eigenvalue weighted by Crippen LogP contribution is 2.32. The number of thiazole rings is 1. The Morgan fingerprint density at radius 2 is 2.03 bits per heavy atom. The zero-order valence-electron chi connectivity index (χ0n) is 15.1. The fourth-order valence-electron chi connectivity index (χ4n) is 2.95. The van der Waals surface area contributed by atoms with E-state index in [1.165, 1.54) is 11.3 Å². The van der Waals surface area contributed by atoms with Crippen LogP contribution in [0.25, 0.3) is 21.2 Å². The average Bonchev–Trinajstić information content (AvgIpc) is 3.07. The van der Waals surface area contributed by atoms with Gasteiger partial charge in [-0.3, -0.25) is 9.59 Å². The summed E-state index contributed by atoms with van der Waals surface area (Å²) in [4.78, 5) is 30.1. The molecule has 1 amide bonds. The van der Waals surface area contributed by atoms with E-state index in [9.17, 15) is 9.59 Å². The predicted octanol–water partition coefficient (Wildman–Crippen LogP) is 4.50. The van der Waals surface area contributed by atoms with E-state index in [0.717, 1.165) is 11.0 Å². The van der Waals surface area contributed by atoms with Crippen molar-refractivity contribution in [1.29, 1.82) is 0 Å². The topological polar surface area (TPSA) is 73.8 Å². The Balaban J connectivity index is 1.90. The molecule has 9 heteroatoms. The molecule has 0 radical (unpaired) electrons. The lowest BCUT2D eigenvalue weighted by Gasteiger charge is -2.06. The van der Waals surface area contributed by atoms with E-state index in [1.807, 2.05) is 6.07 Å². The fraction of sp³-hybridized carbons (Fsp3) is 0.150. The van der Waals surface area contributed by atoms with E-state index in [1.54, 1.807) is 42.0 Å². The number of halogens is 2. The van der Waals surface area contributed by atoms with Gasteiger partial charge in [0.05, 0.1) is 32.3 Å². The van der Waals surface area contributed by atoms with E-state index >= 15 is 0 Å². The zero-order valence-corrected chi connectivity index (χ0v) is 17.5. The molecule has 0 aliphatic rings. The van der Waals surface area contributed by atoms with Gasteiger partial charge in [0.25, 0.3) is 5.91 Å². The van der Waals surface area contributed by atoms with Crippen LogP contribution in [0.4, 0.5) is 0 Å². The van der Waals surface area contributed by atoms with Crippen LogP contribution in [0.1, 0.15) is 10.4 Å². The van der Waals surface area contributed by atoms with Gasteiger partial charge in [0.2, 0.25) is 5.43 Å². The molecule has 4 aromatic rings. The molecule has 0 aliphatic carbocycles. The van der Waals surface area contributed by atoms with Crippen molar-refractivity contribution in [2.45, 2.75) is 6.54 Å². The zero-order chi connectivity index (χ0) is 20.5. The van der Waals surface area contributed by atoms with Gasteiger partial charge in [-0.25, -0.2) is 0 Å². The summed E-state index contributed by atoms with van der Waals surface area (Å²) in [5.41, 5.74) is 0.514. The van der Waals surface area contributed by atoms with Crippen molar-refractivity contribution in [3.8, 4) is 0 Å². The van der Waals surface area contributed by atoms with E-state index < -0.39 is 11.3 Å². The van der Waals surface area contributed by atoms with Crippen molar-refractivity contribution in [3.05, 3.63) is 73.3 Å². The molecule has 0 saturated heterocycles. The highest BCUT2D eigenvalue weighted by molar-refractivity contribution is 7.16. The normalized spacial score (nSPS) is 12.2. The Hall–Kier alpha value is -2.45. The SMILES string of the molecule is COCCn1c(=NC(=O)c2coc3ccccc3c2=O)sc2ccc(Cl)c(Cl)c21. The Kier molecular flexibility index (Phi) is 5.56. The van der Waals surface area contributed by atoms with E-state index in [0.29, 0.717) is 44.5 Å². The first kappa shape index (κ1) is 19.8. The van der Waals surface area contributed by atoms with Crippen LogP contribution < -0.4 is 10.2 Å². The van der Waals surface area contributed by atoms with E-state index in [2.05, 4.69) is 4.99 Å². The lowest BCUT2D eigenvalue weighted by atomic mass is 10.2. The molecule has 29 heavy (non-hydrogen) atoms. The van der Waals surface area contributed by atoms with Gasteiger partial charge in [-0.15, -0.1) is 0 Å². The quantitative estimate of drug-likeness (QED) is 0.460. The minimum absolute atomic E-state index is 0.136. The molecule has 0 atom stereocenters. The van der Waals surface area contributed by atoms with Crippen LogP contribution in [0.5, 0.6) is 0 Å². The Bertz CT molecular complexity index is 1370. The number of aromatic nitrogens is 1. The molecule has 2 aromatic heterocycles. The average molecular weight is 449 g/mol. The summed E-state index contributed by atoms with van der Waals surface area (Å²) >= 11 is 13.8. The van der Waals surface area contributed by atoms with Crippen LogP contribution in [-0.4, -0.2) is 24.2 Å². The van der Waals surface area contributed by atoms with Crippen molar-refractivity contribution in [3.63, 3.8) is 0 Å². The summed E-state index contributed by atoms with van der Waals surface area (Å²) in [6.07, 6.45) is 1.15. The van der Waals surface area contributed by atoms with Gasteiger partial charge < -0.3 is 13.7 Å². The summed E-state index contributed by atoms with van der Waals surface area (Å²) in [6.45, 7) is 0.795. The van der Waals surface area contributed by atoms with Crippen LogP contribution in [0.15, 0.2) is 56.9 Å². The second-order valence-corrected chi connectivity index (χ2v) is 7.92. The molecule has 0 N–H and O–H groups in total. The van der Waals surface area contributed by atoms with Crippen LogP contribution >= 0.6 is 34.5 Å². The van der Waals surface area contributed by atoms with Crippen LogP contribution in [-0.2, 0) is 11.3 Å². The number of hydrogen-bond acceptors (Lipinski definition) is 5. The number of benzene rings is 2. The number of amides is 1. The molecule has 148 valence electrons. The molecule has 0 fully saturated rings. The Morgan fingerprint density at radius 3 is 2.83 bits per heavy atom. The van der Waals surface area contributed by atoms with Gasteiger partial charge in [0.1, 0.15) is 17.4 Å². The highest BCUT2D eigenvalue weighted by atomic mass is 35.5. The number of nitrogens with zero attached hydrogens (tertiary/aromatic N) is 2. The predicted molar refractivity (Wildman–Crippen MR) is 114 cm³/mol. The van der Waals surface area contributed by atoms with Crippen molar-refractivity contribution in [2.24, 2.45) is 4.99 Å². The number of rotatable bonds is 4. The Labute approximate surface area is 178 Å². The number of carbonyl (C=O) groups excluding carboxylic acids is 1. The maximum Gasteiger partial charge on any atom is 0.286 e. The lowest BCUT2D eigenvalue weighted by Crippen LogP contribution is -2.21. The monoisotopic (exact) mass is 448 g/mol. The first-order valence-electron chi connectivity index (χ1n) is 8.57. The minimum Gasteiger partial charge on any atom is -0.463 e. The van der Waals surface area contributed by atoms with Gasteiger partial charge in [-0.05, 0) is 24.3 Å². The van der Waals surface area contributed by atoms with E-state index in [4.69, 9.17) is 32.4 Å². The number of hydrogen-bond donors (Lipinski definition) is 0.